The van der Waals surface area contributed by atoms with E-state index in [4.69, 9.17) is 14.2 Å². The molecule has 0 aliphatic heterocycles. The van der Waals surface area contributed by atoms with E-state index in [1.165, 1.54) is 39.3 Å². The molecule has 0 fully saturated rings. The average Bonchev–Trinajstić information content (AvgIpc) is 2.75. The zero-order valence-electron chi connectivity index (χ0n) is 16.6. The molecule has 0 aliphatic carbocycles. The van der Waals surface area contributed by atoms with Crippen LogP contribution in [0.15, 0.2) is 56.0 Å². The number of ketones is 1. The summed E-state index contributed by atoms with van der Waals surface area (Å²) >= 11 is 0. The van der Waals surface area contributed by atoms with Gasteiger partial charge >= 0.3 is 11.9 Å². The summed E-state index contributed by atoms with van der Waals surface area (Å²) < 4.78 is 19.5. The maximum absolute atomic E-state index is 12.0. The quantitative estimate of drug-likeness (QED) is 0.0629. The highest BCUT2D eigenvalue weighted by atomic mass is 17.2. The number of rotatable bonds is 11. The molecule has 0 aliphatic rings. The van der Waals surface area contributed by atoms with Crippen molar-refractivity contribution in [2.75, 3.05) is 27.4 Å². The molecule has 0 N–H and O–H groups in total. The normalized spacial score (nSPS) is 9.62. The summed E-state index contributed by atoms with van der Waals surface area (Å²) in [5.41, 5.74) is 0.323. The Kier molecular flexibility index (Phi) is 12.7. The van der Waals surface area contributed by atoms with Gasteiger partial charge in [-0.15, -0.1) is 13.2 Å². The minimum absolute atomic E-state index is 0.0945. The number of carbonyl (C=O) groups is 3. The standard InChI is InChI=1S/C18H20O9.C2H4/c1-12(2)17(20)24-7-9-26-27-10-8-25-18(21)16(19)13-5-6-14(22-3)15(11-13)23-4;1-2/h5-7,9,11H,1,8,10H2,2-4H3;1-2H2/b9-7-;. The Bertz CT molecular complexity index is 737. The van der Waals surface area contributed by atoms with Gasteiger partial charge in [-0.2, -0.15) is 4.89 Å². The van der Waals surface area contributed by atoms with Gasteiger partial charge in [-0.05, 0) is 25.1 Å². The molecule has 9 heteroatoms. The highest BCUT2D eigenvalue weighted by molar-refractivity contribution is 6.40. The maximum Gasteiger partial charge on any atom is 0.379 e. The molecule has 0 atom stereocenters. The topological polar surface area (TPSA) is 107 Å². The van der Waals surface area contributed by atoms with Crippen molar-refractivity contribution in [3.63, 3.8) is 0 Å². The van der Waals surface area contributed by atoms with E-state index in [0.717, 1.165) is 12.5 Å². The number of hydrogen-bond acceptors (Lipinski definition) is 9. The fourth-order valence-corrected chi connectivity index (χ4v) is 1.63. The Morgan fingerprint density at radius 1 is 0.966 bits per heavy atom. The van der Waals surface area contributed by atoms with Crippen molar-refractivity contribution >= 4 is 17.7 Å². The number of benzene rings is 1. The number of Topliss-reactive ketones (excluding diaryl/α,β-unsaturated/α-hetero) is 1. The molecule has 0 saturated heterocycles. The van der Waals surface area contributed by atoms with Crippen LogP contribution < -0.4 is 9.47 Å². The summed E-state index contributed by atoms with van der Waals surface area (Å²) in [6.45, 7) is 10.5. The number of ether oxygens (including phenoxy) is 4. The first-order valence-corrected chi connectivity index (χ1v) is 8.14. The van der Waals surface area contributed by atoms with Crippen molar-refractivity contribution in [3.8, 4) is 11.5 Å². The molecule has 0 radical (unpaired) electrons. The predicted molar refractivity (Wildman–Crippen MR) is 103 cm³/mol. The minimum atomic E-state index is -1.06. The van der Waals surface area contributed by atoms with Gasteiger partial charge < -0.3 is 23.8 Å². The maximum atomic E-state index is 12.0. The van der Waals surface area contributed by atoms with E-state index in [1.54, 1.807) is 0 Å². The molecule has 0 aromatic heterocycles. The molecule has 0 amide bonds. The zero-order chi connectivity index (χ0) is 22.2. The fourth-order valence-electron chi connectivity index (χ4n) is 1.63. The highest BCUT2D eigenvalue weighted by Gasteiger charge is 2.19. The van der Waals surface area contributed by atoms with Gasteiger partial charge in [0, 0.05) is 11.1 Å². The summed E-state index contributed by atoms with van der Waals surface area (Å²) in [7, 11) is 2.87. The lowest BCUT2D eigenvalue weighted by molar-refractivity contribution is -0.255. The lowest BCUT2D eigenvalue weighted by Crippen LogP contribution is -2.20. The van der Waals surface area contributed by atoms with Crippen molar-refractivity contribution in [2.24, 2.45) is 0 Å². The SMILES string of the molecule is C=C.C=C(C)C(=O)O/C=C\OOCCOC(=O)C(=O)c1ccc(OC)c(OC)c1. The zero-order valence-corrected chi connectivity index (χ0v) is 16.6. The van der Waals surface area contributed by atoms with E-state index >= 15 is 0 Å². The number of esters is 2. The third kappa shape index (κ3) is 9.25. The first kappa shape index (κ1) is 25.4. The first-order chi connectivity index (χ1) is 13.9. The van der Waals surface area contributed by atoms with Crippen molar-refractivity contribution in [2.45, 2.75) is 6.92 Å². The molecule has 1 aromatic rings. The van der Waals surface area contributed by atoms with Gasteiger partial charge in [0.2, 0.25) is 0 Å². The smallest absolute Gasteiger partial charge is 0.379 e. The van der Waals surface area contributed by atoms with Gasteiger partial charge in [-0.1, -0.05) is 6.58 Å². The number of methoxy groups -OCH3 is 2. The van der Waals surface area contributed by atoms with Gasteiger partial charge in [-0.3, -0.25) is 4.79 Å². The molecule has 0 unspecified atom stereocenters. The van der Waals surface area contributed by atoms with Crippen LogP contribution in [0.2, 0.25) is 0 Å². The number of carbonyl (C=O) groups excluding carboxylic acids is 3. The average molecular weight is 408 g/mol. The van der Waals surface area contributed by atoms with E-state index in [0.29, 0.717) is 11.5 Å². The molecule has 158 valence electrons. The summed E-state index contributed by atoms with van der Waals surface area (Å²) in [5.74, 6) is -1.78. The van der Waals surface area contributed by atoms with Crippen LogP contribution >= 0.6 is 0 Å². The molecule has 0 heterocycles. The summed E-state index contributed by atoms with van der Waals surface area (Å²) in [6, 6.07) is 4.30. The van der Waals surface area contributed by atoms with Crippen LogP contribution in [-0.2, 0) is 28.8 Å². The van der Waals surface area contributed by atoms with Crippen molar-refractivity contribution in [1.29, 1.82) is 0 Å². The lowest BCUT2D eigenvalue weighted by atomic mass is 10.1. The molecule has 0 bridgehead atoms. The fraction of sp³-hybridized carbons (Fsp3) is 0.250. The Balaban J connectivity index is 0.00000379. The van der Waals surface area contributed by atoms with E-state index < -0.39 is 17.7 Å². The van der Waals surface area contributed by atoms with Crippen LogP contribution in [-0.4, -0.2) is 45.2 Å². The van der Waals surface area contributed by atoms with Crippen LogP contribution in [0.4, 0.5) is 0 Å². The molecule has 0 saturated carbocycles. The van der Waals surface area contributed by atoms with Crippen LogP contribution in [0, 0.1) is 0 Å². The van der Waals surface area contributed by atoms with Crippen molar-refractivity contribution in [1.82, 2.24) is 0 Å². The summed E-state index contributed by atoms with van der Waals surface area (Å²) in [4.78, 5) is 44.0. The third-order valence-corrected chi connectivity index (χ3v) is 2.93. The third-order valence-electron chi connectivity index (χ3n) is 2.93. The van der Waals surface area contributed by atoms with Gasteiger partial charge in [0.25, 0.3) is 5.78 Å². The Morgan fingerprint density at radius 3 is 2.21 bits per heavy atom. The predicted octanol–water partition coefficient (Wildman–Crippen LogP) is 2.77. The van der Waals surface area contributed by atoms with E-state index in [2.05, 4.69) is 34.2 Å². The highest BCUT2D eigenvalue weighted by Crippen LogP contribution is 2.27. The molecular formula is C20H24O9. The van der Waals surface area contributed by atoms with Gasteiger partial charge in [-0.25, -0.2) is 9.59 Å². The van der Waals surface area contributed by atoms with Gasteiger partial charge in [0.15, 0.2) is 17.8 Å². The van der Waals surface area contributed by atoms with E-state index in [-0.39, 0.29) is 24.4 Å². The van der Waals surface area contributed by atoms with Crippen molar-refractivity contribution in [3.05, 3.63) is 61.6 Å². The van der Waals surface area contributed by atoms with Crippen LogP contribution in [0.5, 0.6) is 11.5 Å². The Hall–Kier alpha value is -3.59. The van der Waals surface area contributed by atoms with E-state index in [9.17, 15) is 14.4 Å². The summed E-state index contributed by atoms with van der Waals surface area (Å²) in [5, 5.41) is 0. The van der Waals surface area contributed by atoms with Gasteiger partial charge in [0.05, 0.1) is 14.2 Å². The first-order valence-electron chi connectivity index (χ1n) is 8.14. The Morgan fingerprint density at radius 2 is 1.62 bits per heavy atom. The van der Waals surface area contributed by atoms with E-state index in [1.807, 2.05) is 0 Å². The summed E-state index contributed by atoms with van der Waals surface area (Å²) in [6.07, 6.45) is 1.93. The van der Waals surface area contributed by atoms with Crippen LogP contribution in [0.25, 0.3) is 0 Å². The molecule has 9 nitrogen and oxygen atoms in total. The molecule has 1 rings (SSSR count). The lowest BCUT2D eigenvalue weighted by Gasteiger charge is -2.09. The molecule has 1 aromatic carbocycles. The Labute approximate surface area is 169 Å². The van der Waals surface area contributed by atoms with Crippen LogP contribution in [0.3, 0.4) is 0 Å². The van der Waals surface area contributed by atoms with Crippen LogP contribution in [0.1, 0.15) is 17.3 Å². The minimum Gasteiger partial charge on any atom is -0.493 e. The monoisotopic (exact) mass is 408 g/mol. The second kappa shape index (κ2) is 14.5. The van der Waals surface area contributed by atoms with Gasteiger partial charge in [0.1, 0.15) is 19.5 Å². The number of hydrogen-bond donors (Lipinski definition) is 0. The molecule has 0 spiro atoms. The largest absolute Gasteiger partial charge is 0.493 e. The second-order valence-electron chi connectivity index (χ2n) is 4.91. The van der Waals surface area contributed by atoms with Crippen molar-refractivity contribution < 1.29 is 43.1 Å². The second-order valence-corrected chi connectivity index (χ2v) is 4.91. The molecular weight excluding hydrogens is 384 g/mol. The molecule has 29 heavy (non-hydrogen) atoms.